The van der Waals surface area contributed by atoms with Crippen molar-refractivity contribution in [2.45, 2.75) is 71.1 Å². The predicted octanol–water partition coefficient (Wildman–Crippen LogP) is 2.60. The highest BCUT2D eigenvalue weighted by Gasteiger charge is 2.00. The van der Waals surface area contributed by atoms with E-state index in [-0.39, 0.29) is 19.6 Å². The molecular weight excluding hydrogens is 274 g/mol. The lowest BCUT2D eigenvalue weighted by Gasteiger charge is -2.01. The smallest absolute Gasteiger partial charge is 0.303 e. The van der Waals surface area contributed by atoms with Crippen LogP contribution in [0.15, 0.2) is 0 Å². The van der Waals surface area contributed by atoms with Crippen LogP contribution in [-0.4, -0.2) is 40.5 Å². The van der Waals surface area contributed by atoms with Crippen LogP contribution in [0.2, 0.25) is 0 Å². The Labute approximate surface area is 127 Å². The lowest BCUT2D eigenvalue weighted by atomic mass is 10.1. The molecule has 0 unspecified atom stereocenters. The second-order valence-corrected chi connectivity index (χ2v) is 4.92. The van der Waals surface area contributed by atoms with Gasteiger partial charge in [-0.05, 0) is 13.0 Å². The quantitative estimate of drug-likeness (QED) is 0.308. The lowest BCUT2D eigenvalue weighted by Crippen LogP contribution is -2.15. The molecule has 0 rings (SSSR count). The minimum absolute atomic E-state index is 0.122. The van der Waals surface area contributed by atoms with Crippen molar-refractivity contribution in [3.05, 3.63) is 0 Å². The number of hydrogen-bond acceptors (Lipinski definition) is 4. The molecule has 0 aliphatic carbocycles. The highest BCUT2D eigenvalue weighted by molar-refractivity contribution is 5.75. The maximum absolute atomic E-state index is 9.64. The molecule has 0 aliphatic heterocycles. The fourth-order valence-electron chi connectivity index (χ4n) is 1.68. The third kappa shape index (κ3) is 27.9. The zero-order chi connectivity index (χ0) is 16.3. The van der Waals surface area contributed by atoms with Crippen molar-refractivity contribution >= 4 is 11.9 Å². The molecule has 0 bridgehead atoms. The van der Waals surface area contributed by atoms with Gasteiger partial charge < -0.3 is 15.3 Å². The van der Waals surface area contributed by atoms with Crippen LogP contribution in [0.4, 0.5) is 0 Å². The maximum Gasteiger partial charge on any atom is 0.303 e. The van der Waals surface area contributed by atoms with Crippen molar-refractivity contribution in [2.24, 2.45) is 0 Å². The summed E-state index contributed by atoms with van der Waals surface area (Å²) in [6, 6.07) is 0. The van der Waals surface area contributed by atoms with E-state index in [0.717, 1.165) is 6.54 Å². The van der Waals surface area contributed by atoms with E-state index >= 15 is 0 Å². The number of unbranched alkanes of at least 4 members (excludes halogenated alkanes) is 7. The molecule has 0 radical (unpaired) electrons. The molecule has 6 heteroatoms. The van der Waals surface area contributed by atoms with Gasteiger partial charge in [-0.25, -0.2) is 0 Å². The van der Waals surface area contributed by atoms with E-state index in [0.29, 0.717) is 0 Å². The van der Waals surface area contributed by atoms with Crippen LogP contribution in [0.3, 0.4) is 0 Å². The van der Waals surface area contributed by atoms with Crippen molar-refractivity contribution < 1.29 is 24.9 Å². The average molecular weight is 305 g/mol. The topological polar surface area (TPSA) is 107 Å². The number of carboxylic acids is 2. The lowest BCUT2D eigenvalue weighted by molar-refractivity contribution is -0.143. The summed E-state index contributed by atoms with van der Waals surface area (Å²) in [5.74, 6) is -2.15. The Morgan fingerprint density at radius 1 is 0.810 bits per heavy atom. The number of nitrogens with one attached hydrogen (secondary N) is 1. The van der Waals surface area contributed by atoms with E-state index in [1.165, 1.54) is 51.4 Å². The molecule has 0 heterocycles. The number of aliphatic hydroxyl groups is 1. The minimum Gasteiger partial charge on any atom is -0.481 e. The summed E-state index contributed by atoms with van der Waals surface area (Å²) in [7, 11) is 0. The highest BCUT2D eigenvalue weighted by atomic mass is 16.4. The second-order valence-electron chi connectivity index (χ2n) is 4.92. The zero-order valence-corrected chi connectivity index (χ0v) is 13.1. The molecule has 0 saturated carbocycles. The molecule has 0 saturated heterocycles. The van der Waals surface area contributed by atoms with Crippen LogP contribution in [0.25, 0.3) is 0 Å². The number of hydrogen-bond donors (Lipinski definition) is 4. The largest absolute Gasteiger partial charge is 0.481 e. The van der Waals surface area contributed by atoms with Gasteiger partial charge in [0.2, 0.25) is 0 Å². The first-order valence-corrected chi connectivity index (χ1v) is 7.79. The highest BCUT2D eigenvalue weighted by Crippen LogP contribution is 2.07. The summed E-state index contributed by atoms with van der Waals surface area (Å²) in [5.41, 5.74) is 0. The summed E-state index contributed by atoms with van der Waals surface area (Å²) in [6.07, 6.45) is 10.2. The van der Waals surface area contributed by atoms with E-state index in [1.54, 1.807) is 0 Å². The summed E-state index contributed by atoms with van der Waals surface area (Å²) >= 11 is 0. The summed E-state index contributed by atoms with van der Waals surface area (Å²) in [5, 5.41) is 27.2. The molecule has 0 amide bonds. The van der Waals surface area contributed by atoms with Gasteiger partial charge in [-0.2, -0.15) is 0 Å². The number of rotatable bonds is 13. The number of carbonyl (C=O) groups is 2. The van der Waals surface area contributed by atoms with Gasteiger partial charge in [0.25, 0.3) is 0 Å². The van der Waals surface area contributed by atoms with Gasteiger partial charge >= 0.3 is 11.9 Å². The third-order valence-electron chi connectivity index (χ3n) is 2.87. The van der Waals surface area contributed by atoms with Crippen LogP contribution in [0, 0.1) is 0 Å². The number of aliphatic carboxylic acids is 2. The maximum atomic E-state index is 9.64. The minimum atomic E-state index is -1.08. The first-order chi connectivity index (χ1) is 10.0. The van der Waals surface area contributed by atoms with E-state index < -0.39 is 11.9 Å². The Hall–Kier alpha value is -1.14. The van der Waals surface area contributed by atoms with Crippen LogP contribution < -0.4 is 5.32 Å². The van der Waals surface area contributed by atoms with Gasteiger partial charge in [-0.15, -0.1) is 0 Å². The molecule has 21 heavy (non-hydrogen) atoms. The molecule has 0 atom stereocenters. The standard InChI is InChI=1S/C11H25NO.C4H6O4/c1-2-3-4-5-6-7-8-9-10-12-11-13;5-3(6)1-2-4(7)8/h12-13H,2-11H2,1H3;1-2H2,(H,5,6)(H,7,8). The Morgan fingerprint density at radius 3 is 1.62 bits per heavy atom. The molecule has 0 aromatic rings. The summed E-state index contributed by atoms with van der Waals surface area (Å²) in [4.78, 5) is 19.3. The SMILES string of the molecule is CCCCCCCCCCNCO.O=C(O)CCC(=O)O. The van der Waals surface area contributed by atoms with Crippen LogP contribution >= 0.6 is 0 Å². The number of aliphatic hydroxyl groups excluding tert-OH is 1. The molecule has 0 aromatic heterocycles. The Kier molecular flexibility index (Phi) is 19.9. The van der Waals surface area contributed by atoms with Crippen LogP contribution in [0.5, 0.6) is 0 Å². The summed E-state index contributed by atoms with van der Waals surface area (Å²) in [6.45, 7) is 3.34. The number of carboxylic acid groups (broad SMARTS) is 2. The monoisotopic (exact) mass is 305 g/mol. The van der Waals surface area contributed by atoms with Gasteiger partial charge in [0.05, 0.1) is 19.6 Å². The predicted molar refractivity (Wildman–Crippen MR) is 82.2 cm³/mol. The van der Waals surface area contributed by atoms with Gasteiger partial charge in [0, 0.05) is 0 Å². The normalized spacial score (nSPS) is 9.81. The van der Waals surface area contributed by atoms with Gasteiger partial charge in [-0.3, -0.25) is 14.9 Å². The molecule has 126 valence electrons. The fourth-order valence-corrected chi connectivity index (χ4v) is 1.68. The van der Waals surface area contributed by atoms with Crippen molar-refractivity contribution in [3.63, 3.8) is 0 Å². The van der Waals surface area contributed by atoms with Crippen LogP contribution in [-0.2, 0) is 9.59 Å². The van der Waals surface area contributed by atoms with E-state index in [9.17, 15) is 9.59 Å². The molecule has 0 aromatic carbocycles. The van der Waals surface area contributed by atoms with Crippen LogP contribution in [0.1, 0.15) is 71.1 Å². The molecule has 0 aliphatic rings. The van der Waals surface area contributed by atoms with E-state index in [1.807, 2.05) is 0 Å². The van der Waals surface area contributed by atoms with Gasteiger partial charge in [0.15, 0.2) is 0 Å². The fraction of sp³-hybridized carbons (Fsp3) is 0.867. The van der Waals surface area contributed by atoms with E-state index in [4.69, 9.17) is 15.3 Å². The Morgan fingerprint density at radius 2 is 1.24 bits per heavy atom. The van der Waals surface area contributed by atoms with Crippen molar-refractivity contribution in [1.82, 2.24) is 5.32 Å². The average Bonchev–Trinajstić information content (AvgIpc) is 2.44. The molecule has 0 fully saturated rings. The molecule has 6 nitrogen and oxygen atoms in total. The van der Waals surface area contributed by atoms with E-state index in [2.05, 4.69) is 12.2 Å². The van der Waals surface area contributed by atoms with Gasteiger partial charge in [0.1, 0.15) is 0 Å². The van der Waals surface area contributed by atoms with Crippen molar-refractivity contribution in [3.8, 4) is 0 Å². The molecule has 0 spiro atoms. The second kappa shape index (κ2) is 18.9. The van der Waals surface area contributed by atoms with Gasteiger partial charge in [-0.1, -0.05) is 51.9 Å². The Bertz CT molecular complexity index is 222. The zero-order valence-electron chi connectivity index (χ0n) is 13.1. The van der Waals surface area contributed by atoms with Crippen molar-refractivity contribution in [1.29, 1.82) is 0 Å². The molecule has 4 N–H and O–H groups in total. The molecular formula is C15H31NO5. The van der Waals surface area contributed by atoms with Crippen molar-refractivity contribution in [2.75, 3.05) is 13.3 Å². The third-order valence-corrected chi connectivity index (χ3v) is 2.87. The first kappa shape index (κ1) is 22.1. The first-order valence-electron chi connectivity index (χ1n) is 7.79. The Balaban J connectivity index is 0. The summed E-state index contributed by atoms with van der Waals surface area (Å²) < 4.78 is 0.